The van der Waals surface area contributed by atoms with Crippen LogP contribution in [0.15, 0.2) is 30.5 Å². The molecule has 0 unspecified atom stereocenters. The van der Waals surface area contributed by atoms with E-state index in [1.807, 2.05) is 18.3 Å². The number of ether oxygens (including phenoxy) is 3. The number of rotatable bonds is 10. The van der Waals surface area contributed by atoms with Crippen molar-refractivity contribution in [2.45, 2.75) is 32.1 Å². The Hall–Kier alpha value is -2.18. The third-order valence-electron chi connectivity index (χ3n) is 5.63. The standard InChI is InChI=1S/C23H31N3O3/c1-27-21-6-5-18(14-22(21)29-12-4-11-26-9-2-3-10-26)15-23-24-8-7-20(25-23)13-19-16-28-17-19/h5-8,14,19H,2-4,9-13,15-17H2,1H3. The smallest absolute Gasteiger partial charge is 0.161 e. The Morgan fingerprint density at radius 2 is 2.00 bits per heavy atom. The van der Waals surface area contributed by atoms with Gasteiger partial charge in [-0.05, 0) is 62.5 Å². The highest BCUT2D eigenvalue weighted by Crippen LogP contribution is 2.29. The van der Waals surface area contributed by atoms with E-state index in [-0.39, 0.29) is 0 Å². The first-order valence-corrected chi connectivity index (χ1v) is 10.7. The molecule has 1 aromatic heterocycles. The minimum Gasteiger partial charge on any atom is -0.493 e. The number of hydrogen-bond acceptors (Lipinski definition) is 6. The average Bonchev–Trinajstić information content (AvgIpc) is 3.22. The third-order valence-corrected chi connectivity index (χ3v) is 5.63. The van der Waals surface area contributed by atoms with E-state index in [2.05, 4.69) is 22.0 Å². The molecule has 6 heteroatoms. The molecule has 29 heavy (non-hydrogen) atoms. The van der Waals surface area contributed by atoms with E-state index in [1.165, 1.54) is 25.9 Å². The normalized spacial score (nSPS) is 17.3. The molecule has 0 amide bonds. The van der Waals surface area contributed by atoms with Gasteiger partial charge < -0.3 is 19.1 Å². The Bertz CT molecular complexity index is 789. The van der Waals surface area contributed by atoms with Crippen molar-refractivity contribution in [2.24, 2.45) is 5.92 Å². The van der Waals surface area contributed by atoms with Gasteiger partial charge in [0.05, 0.1) is 26.9 Å². The fourth-order valence-corrected chi connectivity index (χ4v) is 3.94. The number of nitrogens with zero attached hydrogens (tertiary/aromatic N) is 3. The van der Waals surface area contributed by atoms with Crippen molar-refractivity contribution < 1.29 is 14.2 Å². The highest BCUT2D eigenvalue weighted by Gasteiger charge is 2.19. The van der Waals surface area contributed by atoms with E-state index in [1.54, 1.807) is 7.11 Å². The molecular weight excluding hydrogens is 366 g/mol. The summed E-state index contributed by atoms with van der Waals surface area (Å²) in [6, 6.07) is 8.10. The SMILES string of the molecule is COc1ccc(Cc2nccc(CC3COC3)n2)cc1OCCCN1CCCC1. The van der Waals surface area contributed by atoms with Gasteiger partial charge >= 0.3 is 0 Å². The molecule has 0 N–H and O–H groups in total. The van der Waals surface area contributed by atoms with Crippen molar-refractivity contribution in [3.8, 4) is 11.5 Å². The van der Waals surface area contributed by atoms with E-state index in [4.69, 9.17) is 19.2 Å². The van der Waals surface area contributed by atoms with Crippen LogP contribution in [-0.2, 0) is 17.6 Å². The Balaban J connectivity index is 1.34. The Morgan fingerprint density at radius 1 is 1.14 bits per heavy atom. The molecule has 1 aromatic carbocycles. The van der Waals surface area contributed by atoms with Gasteiger partial charge in [0.1, 0.15) is 5.82 Å². The van der Waals surface area contributed by atoms with Crippen molar-refractivity contribution in [3.63, 3.8) is 0 Å². The summed E-state index contributed by atoms with van der Waals surface area (Å²) >= 11 is 0. The molecule has 156 valence electrons. The molecule has 0 spiro atoms. The lowest BCUT2D eigenvalue weighted by Gasteiger charge is -2.25. The minimum atomic E-state index is 0.597. The Labute approximate surface area is 173 Å². The van der Waals surface area contributed by atoms with Crippen LogP contribution in [0.1, 0.15) is 36.3 Å². The second-order valence-corrected chi connectivity index (χ2v) is 7.98. The quantitative estimate of drug-likeness (QED) is 0.574. The van der Waals surface area contributed by atoms with Crippen LogP contribution in [0.2, 0.25) is 0 Å². The molecule has 0 atom stereocenters. The monoisotopic (exact) mass is 397 g/mol. The van der Waals surface area contributed by atoms with E-state index in [9.17, 15) is 0 Å². The van der Waals surface area contributed by atoms with Crippen LogP contribution in [-0.4, -0.2) is 61.4 Å². The van der Waals surface area contributed by atoms with Gasteiger partial charge in [-0.1, -0.05) is 6.07 Å². The van der Waals surface area contributed by atoms with Gasteiger partial charge in [-0.15, -0.1) is 0 Å². The molecule has 0 saturated carbocycles. The predicted octanol–water partition coefficient (Wildman–Crippen LogP) is 3.13. The summed E-state index contributed by atoms with van der Waals surface area (Å²) in [5.41, 5.74) is 2.22. The number of likely N-dealkylation sites (tertiary alicyclic amines) is 1. The van der Waals surface area contributed by atoms with E-state index in [0.717, 1.165) is 61.2 Å². The lowest BCUT2D eigenvalue weighted by molar-refractivity contribution is -0.0316. The zero-order chi connectivity index (χ0) is 19.9. The molecule has 2 saturated heterocycles. The molecule has 2 fully saturated rings. The summed E-state index contributed by atoms with van der Waals surface area (Å²) in [6.07, 6.45) is 7.19. The second-order valence-electron chi connectivity index (χ2n) is 7.98. The van der Waals surface area contributed by atoms with Gasteiger partial charge in [0.15, 0.2) is 11.5 Å². The van der Waals surface area contributed by atoms with Crippen LogP contribution >= 0.6 is 0 Å². The molecular formula is C23H31N3O3. The number of methoxy groups -OCH3 is 1. The maximum atomic E-state index is 6.06. The number of hydrogen-bond donors (Lipinski definition) is 0. The van der Waals surface area contributed by atoms with Crippen molar-refractivity contribution in [3.05, 3.63) is 47.5 Å². The van der Waals surface area contributed by atoms with Crippen LogP contribution in [0.3, 0.4) is 0 Å². The fourth-order valence-electron chi connectivity index (χ4n) is 3.94. The summed E-state index contributed by atoms with van der Waals surface area (Å²) in [6.45, 7) is 5.95. The van der Waals surface area contributed by atoms with Crippen molar-refractivity contribution >= 4 is 0 Å². The average molecular weight is 398 g/mol. The van der Waals surface area contributed by atoms with Gasteiger partial charge in [0.2, 0.25) is 0 Å². The molecule has 0 aliphatic carbocycles. The van der Waals surface area contributed by atoms with Gasteiger partial charge in [-0.2, -0.15) is 0 Å². The lowest BCUT2D eigenvalue weighted by atomic mass is 10.0. The van der Waals surface area contributed by atoms with Crippen molar-refractivity contribution in [2.75, 3.05) is 46.6 Å². The van der Waals surface area contributed by atoms with Crippen LogP contribution in [0.4, 0.5) is 0 Å². The van der Waals surface area contributed by atoms with E-state index >= 15 is 0 Å². The lowest BCUT2D eigenvalue weighted by Crippen LogP contribution is -2.29. The number of aromatic nitrogens is 2. The minimum absolute atomic E-state index is 0.597. The molecule has 6 nitrogen and oxygen atoms in total. The highest BCUT2D eigenvalue weighted by molar-refractivity contribution is 5.43. The van der Waals surface area contributed by atoms with Gasteiger partial charge in [0, 0.05) is 30.8 Å². The molecule has 0 bridgehead atoms. The van der Waals surface area contributed by atoms with Gasteiger partial charge in [-0.3, -0.25) is 0 Å². The van der Waals surface area contributed by atoms with Gasteiger partial charge in [-0.25, -0.2) is 9.97 Å². The predicted molar refractivity (Wildman–Crippen MR) is 112 cm³/mol. The molecule has 2 aromatic rings. The zero-order valence-corrected chi connectivity index (χ0v) is 17.3. The summed E-state index contributed by atoms with van der Waals surface area (Å²) in [4.78, 5) is 11.7. The van der Waals surface area contributed by atoms with Gasteiger partial charge in [0.25, 0.3) is 0 Å². The van der Waals surface area contributed by atoms with Crippen molar-refractivity contribution in [1.29, 1.82) is 0 Å². The van der Waals surface area contributed by atoms with Crippen LogP contribution in [0, 0.1) is 5.92 Å². The summed E-state index contributed by atoms with van der Waals surface area (Å²) in [7, 11) is 1.68. The Morgan fingerprint density at radius 3 is 2.76 bits per heavy atom. The van der Waals surface area contributed by atoms with Crippen LogP contribution in [0.5, 0.6) is 11.5 Å². The molecule has 2 aliphatic heterocycles. The maximum Gasteiger partial charge on any atom is 0.161 e. The molecule has 4 rings (SSSR count). The third kappa shape index (κ3) is 5.67. The van der Waals surface area contributed by atoms with Crippen LogP contribution in [0.25, 0.3) is 0 Å². The maximum absolute atomic E-state index is 6.06. The van der Waals surface area contributed by atoms with Crippen molar-refractivity contribution in [1.82, 2.24) is 14.9 Å². The molecule has 2 aliphatic rings. The fraction of sp³-hybridized carbons (Fsp3) is 0.565. The first-order valence-electron chi connectivity index (χ1n) is 10.7. The molecule has 0 radical (unpaired) electrons. The first-order chi connectivity index (χ1) is 14.3. The van der Waals surface area contributed by atoms with E-state index in [0.29, 0.717) is 18.9 Å². The largest absolute Gasteiger partial charge is 0.493 e. The van der Waals surface area contributed by atoms with Crippen LogP contribution < -0.4 is 9.47 Å². The summed E-state index contributed by atoms with van der Waals surface area (Å²) in [5, 5.41) is 0. The zero-order valence-electron chi connectivity index (χ0n) is 17.3. The highest BCUT2D eigenvalue weighted by atomic mass is 16.5. The molecule has 3 heterocycles. The first kappa shape index (κ1) is 20.1. The topological polar surface area (TPSA) is 56.7 Å². The second kappa shape index (κ2) is 10.0. The summed E-state index contributed by atoms with van der Waals surface area (Å²) < 4.78 is 16.8. The number of benzene rings is 1. The summed E-state index contributed by atoms with van der Waals surface area (Å²) in [5.74, 6) is 3.01. The van der Waals surface area contributed by atoms with E-state index < -0.39 is 0 Å². The Kier molecular flexibility index (Phi) is 6.96.